The van der Waals surface area contributed by atoms with Crippen LogP contribution in [0.1, 0.15) is 17.5 Å². The molecule has 2 N–H and O–H groups in total. The third-order valence-corrected chi connectivity index (χ3v) is 3.57. The summed E-state index contributed by atoms with van der Waals surface area (Å²) in [7, 11) is 0. The van der Waals surface area contributed by atoms with E-state index in [4.69, 9.17) is 11.6 Å². The maximum absolute atomic E-state index is 11.9. The predicted molar refractivity (Wildman–Crippen MR) is 83.0 cm³/mol. The van der Waals surface area contributed by atoms with Crippen LogP contribution >= 0.6 is 11.6 Å². The highest BCUT2D eigenvalue weighted by molar-refractivity contribution is 6.31. The van der Waals surface area contributed by atoms with E-state index in [1.165, 1.54) is 10.8 Å². The number of nitrogens with one attached hydrogen (secondary N) is 1. The van der Waals surface area contributed by atoms with Gasteiger partial charge in [-0.2, -0.15) is 0 Å². The SMILES string of the molecule is Cc1nc([N+](=O)[O-])cn1CC(=O)NCC(O)c1ccccc1Cl. The molecule has 2 aromatic rings. The Labute approximate surface area is 136 Å². The number of aryl methyl sites for hydroxylation is 1. The number of halogens is 1. The van der Waals surface area contributed by atoms with E-state index in [1.54, 1.807) is 31.2 Å². The number of aromatic nitrogens is 2. The smallest absolute Gasteiger partial charge is 0.381 e. The molecule has 23 heavy (non-hydrogen) atoms. The Morgan fingerprint density at radius 3 is 2.83 bits per heavy atom. The van der Waals surface area contributed by atoms with Crippen molar-refractivity contribution in [3.05, 3.63) is 57.0 Å². The molecule has 1 atom stereocenters. The normalized spacial score (nSPS) is 12.0. The number of nitrogens with zero attached hydrogens (tertiary/aromatic N) is 3. The van der Waals surface area contributed by atoms with E-state index in [2.05, 4.69) is 10.3 Å². The second-order valence-electron chi connectivity index (χ2n) is 4.87. The lowest BCUT2D eigenvalue weighted by Crippen LogP contribution is -2.31. The van der Waals surface area contributed by atoms with Gasteiger partial charge in [-0.15, -0.1) is 0 Å². The Balaban J connectivity index is 1.93. The van der Waals surface area contributed by atoms with Gasteiger partial charge in [-0.3, -0.25) is 9.36 Å². The number of hydrogen-bond acceptors (Lipinski definition) is 5. The molecule has 1 aromatic carbocycles. The van der Waals surface area contributed by atoms with Crippen LogP contribution in [0.2, 0.25) is 5.02 Å². The molecule has 0 fully saturated rings. The van der Waals surface area contributed by atoms with E-state index in [0.717, 1.165) is 0 Å². The molecule has 1 aromatic heterocycles. The maximum atomic E-state index is 11.9. The summed E-state index contributed by atoms with van der Waals surface area (Å²) in [4.78, 5) is 25.6. The van der Waals surface area contributed by atoms with E-state index in [1.807, 2.05) is 0 Å². The molecule has 0 saturated heterocycles. The Morgan fingerprint density at radius 1 is 1.52 bits per heavy atom. The van der Waals surface area contributed by atoms with E-state index in [-0.39, 0.29) is 18.9 Å². The Bertz CT molecular complexity index is 731. The Hall–Kier alpha value is -2.45. The lowest BCUT2D eigenvalue weighted by atomic mass is 10.1. The fourth-order valence-electron chi connectivity index (χ4n) is 2.02. The first-order chi connectivity index (χ1) is 10.9. The molecule has 1 unspecified atom stereocenters. The first-order valence-electron chi connectivity index (χ1n) is 6.76. The zero-order valence-corrected chi connectivity index (χ0v) is 13.0. The molecule has 0 aliphatic carbocycles. The number of imidazole rings is 1. The van der Waals surface area contributed by atoms with Gasteiger partial charge in [0.25, 0.3) is 0 Å². The van der Waals surface area contributed by atoms with E-state index in [9.17, 15) is 20.0 Å². The molecule has 122 valence electrons. The molecular weight excluding hydrogens is 324 g/mol. The van der Waals surface area contributed by atoms with Crippen LogP contribution in [0.4, 0.5) is 5.82 Å². The molecule has 1 amide bonds. The highest BCUT2D eigenvalue weighted by Crippen LogP contribution is 2.21. The zero-order chi connectivity index (χ0) is 17.0. The molecule has 8 nitrogen and oxygen atoms in total. The van der Waals surface area contributed by atoms with Gasteiger partial charge in [0, 0.05) is 24.1 Å². The number of aliphatic hydroxyl groups is 1. The zero-order valence-electron chi connectivity index (χ0n) is 12.3. The van der Waals surface area contributed by atoms with Crippen LogP contribution in [0.25, 0.3) is 0 Å². The molecule has 9 heteroatoms. The standard InChI is InChI=1S/C14H15ClN4O4/c1-9-17-13(19(22)23)7-18(9)8-14(21)16-6-12(20)10-4-2-3-5-11(10)15/h2-5,7,12,20H,6,8H2,1H3,(H,16,21). The van der Waals surface area contributed by atoms with Crippen LogP contribution in [0.15, 0.2) is 30.5 Å². The third kappa shape index (κ3) is 4.27. The maximum Gasteiger partial charge on any atom is 0.381 e. The van der Waals surface area contributed by atoms with Crippen LogP contribution in [0.5, 0.6) is 0 Å². The molecule has 0 spiro atoms. The van der Waals surface area contributed by atoms with Crippen LogP contribution in [-0.2, 0) is 11.3 Å². The summed E-state index contributed by atoms with van der Waals surface area (Å²) in [5, 5.41) is 23.6. The average molecular weight is 339 g/mol. The molecular formula is C14H15ClN4O4. The summed E-state index contributed by atoms with van der Waals surface area (Å²) in [6, 6.07) is 6.80. The van der Waals surface area contributed by atoms with Crippen molar-refractivity contribution in [3.63, 3.8) is 0 Å². The highest BCUT2D eigenvalue weighted by atomic mass is 35.5. The fraction of sp³-hybridized carbons (Fsp3) is 0.286. The second-order valence-corrected chi connectivity index (χ2v) is 5.28. The van der Waals surface area contributed by atoms with Crippen molar-refractivity contribution in [3.8, 4) is 0 Å². The number of carbonyl (C=O) groups is 1. The van der Waals surface area contributed by atoms with Gasteiger partial charge in [-0.1, -0.05) is 29.8 Å². The first-order valence-corrected chi connectivity index (χ1v) is 7.13. The second kappa shape index (κ2) is 7.21. The van der Waals surface area contributed by atoms with Gasteiger partial charge in [-0.05, 0) is 16.0 Å². The van der Waals surface area contributed by atoms with Gasteiger partial charge >= 0.3 is 5.82 Å². The number of hydrogen-bond donors (Lipinski definition) is 2. The van der Waals surface area contributed by atoms with E-state index in [0.29, 0.717) is 16.4 Å². The molecule has 0 bridgehead atoms. The van der Waals surface area contributed by atoms with Crippen LogP contribution < -0.4 is 5.32 Å². The van der Waals surface area contributed by atoms with Crippen molar-refractivity contribution >= 4 is 23.3 Å². The summed E-state index contributed by atoms with van der Waals surface area (Å²) < 4.78 is 1.37. The Kier molecular flexibility index (Phi) is 5.30. The molecule has 0 aliphatic rings. The van der Waals surface area contributed by atoms with Crippen LogP contribution in [0.3, 0.4) is 0 Å². The van der Waals surface area contributed by atoms with Gasteiger partial charge in [0.1, 0.15) is 12.7 Å². The third-order valence-electron chi connectivity index (χ3n) is 3.22. The summed E-state index contributed by atoms with van der Waals surface area (Å²) in [5.41, 5.74) is 0.518. The van der Waals surface area contributed by atoms with Gasteiger partial charge < -0.3 is 20.5 Å². The van der Waals surface area contributed by atoms with Crippen molar-refractivity contribution in [1.82, 2.24) is 14.9 Å². The summed E-state index contributed by atoms with van der Waals surface area (Å²) in [6.45, 7) is 1.43. The minimum Gasteiger partial charge on any atom is -0.387 e. The molecule has 0 aliphatic heterocycles. The van der Waals surface area contributed by atoms with Crippen molar-refractivity contribution in [2.24, 2.45) is 0 Å². The first kappa shape index (κ1) is 16.9. The van der Waals surface area contributed by atoms with Crippen LogP contribution in [0, 0.1) is 17.0 Å². The number of benzene rings is 1. The Morgan fingerprint density at radius 2 is 2.22 bits per heavy atom. The summed E-state index contributed by atoms with van der Waals surface area (Å²) in [5.74, 6) is -0.351. The van der Waals surface area contributed by atoms with Gasteiger partial charge in [-0.25, -0.2) is 0 Å². The lowest BCUT2D eigenvalue weighted by Gasteiger charge is -2.13. The molecule has 0 saturated carbocycles. The van der Waals surface area contributed by atoms with Crippen molar-refractivity contribution in [1.29, 1.82) is 0 Å². The number of amides is 1. The monoisotopic (exact) mass is 338 g/mol. The van der Waals surface area contributed by atoms with Crippen molar-refractivity contribution in [2.75, 3.05) is 6.54 Å². The van der Waals surface area contributed by atoms with Gasteiger partial charge in [0.05, 0.1) is 6.10 Å². The lowest BCUT2D eigenvalue weighted by molar-refractivity contribution is -0.389. The van der Waals surface area contributed by atoms with Crippen molar-refractivity contribution in [2.45, 2.75) is 19.6 Å². The van der Waals surface area contributed by atoms with E-state index >= 15 is 0 Å². The quantitative estimate of drug-likeness (QED) is 0.614. The predicted octanol–water partition coefficient (Wildman–Crippen LogP) is 1.60. The number of nitro groups is 1. The largest absolute Gasteiger partial charge is 0.387 e. The molecule has 2 rings (SSSR count). The summed E-state index contributed by atoms with van der Waals surface area (Å²) in [6.07, 6.45) is 0.255. The average Bonchev–Trinajstić information content (AvgIpc) is 2.87. The molecule has 0 radical (unpaired) electrons. The number of aliphatic hydroxyl groups excluding tert-OH is 1. The highest BCUT2D eigenvalue weighted by Gasteiger charge is 2.18. The number of rotatable bonds is 6. The van der Waals surface area contributed by atoms with Gasteiger partial charge in [0.2, 0.25) is 11.7 Å². The van der Waals surface area contributed by atoms with Crippen LogP contribution in [-0.4, -0.2) is 32.0 Å². The minimum atomic E-state index is -0.939. The van der Waals surface area contributed by atoms with E-state index < -0.39 is 16.9 Å². The fourth-order valence-corrected chi connectivity index (χ4v) is 2.28. The molecule has 1 heterocycles. The van der Waals surface area contributed by atoms with Crippen molar-refractivity contribution < 1.29 is 14.8 Å². The summed E-state index contributed by atoms with van der Waals surface area (Å²) >= 11 is 5.97. The number of carbonyl (C=O) groups excluding carboxylic acids is 1. The van der Waals surface area contributed by atoms with Gasteiger partial charge in [0.15, 0.2) is 0 Å². The minimum absolute atomic E-state index is 0.0155. The topological polar surface area (TPSA) is 110 Å².